The largest absolute Gasteiger partial charge is 0.493 e. The number of nitrogens with one attached hydrogen (secondary N) is 1. The third kappa shape index (κ3) is 3.63. The molecule has 5 heteroatoms. The molecule has 0 saturated carbocycles. The zero-order chi connectivity index (χ0) is 14.4. The van der Waals surface area contributed by atoms with Gasteiger partial charge in [-0.05, 0) is 47.1 Å². The predicted octanol–water partition coefficient (Wildman–Crippen LogP) is 3.86. The summed E-state index contributed by atoms with van der Waals surface area (Å²) in [5.74, 6) is 1.38. The van der Waals surface area contributed by atoms with E-state index in [1.54, 1.807) is 13.3 Å². The molecule has 4 nitrogen and oxygen atoms in total. The molecule has 2 rings (SSSR count). The number of benzene rings is 1. The highest BCUT2D eigenvalue weighted by Gasteiger charge is 2.09. The number of hydrogen-bond donors (Lipinski definition) is 1. The molecule has 1 N–H and O–H groups in total. The molecule has 106 valence electrons. The van der Waals surface area contributed by atoms with Gasteiger partial charge in [-0.25, -0.2) is 0 Å². The number of nitrogens with zero attached hydrogens (tertiary/aromatic N) is 1. The minimum atomic E-state index is 0.387. The average Bonchev–Trinajstić information content (AvgIpc) is 2.46. The monoisotopic (exact) mass is 336 g/mol. The van der Waals surface area contributed by atoms with Crippen molar-refractivity contribution in [3.8, 4) is 11.5 Å². The fraction of sp³-hybridized carbons (Fsp3) is 0.267. The molecule has 0 aliphatic heterocycles. The lowest BCUT2D eigenvalue weighted by Gasteiger charge is -2.12. The molecule has 20 heavy (non-hydrogen) atoms. The van der Waals surface area contributed by atoms with Gasteiger partial charge >= 0.3 is 0 Å². The quantitative estimate of drug-likeness (QED) is 0.869. The van der Waals surface area contributed by atoms with Crippen LogP contribution >= 0.6 is 15.9 Å². The Balaban J connectivity index is 2.10. The number of pyridine rings is 1. The number of para-hydroxylation sites is 1. The van der Waals surface area contributed by atoms with Gasteiger partial charge in [-0.3, -0.25) is 4.98 Å². The van der Waals surface area contributed by atoms with Crippen molar-refractivity contribution in [2.45, 2.75) is 13.5 Å². The summed E-state index contributed by atoms with van der Waals surface area (Å²) >= 11 is 3.46. The van der Waals surface area contributed by atoms with Crippen LogP contribution in [0.15, 0.2) is 41.0 Å². The summed E-state index contributed by atoms with van der Waals surface area (Å²) in [6, 6.07) is 9.60. The Morgan fingerprint density at radius 3 is 2.90 bits per heavy atom. The second kappa shape index (κ2) is 7.14. The normalized spacial score (nSPS) is 10.2. The Kier molecular flexibility index (Phi) is 5.24. The summed E-state index contributed by atoms with van der Waals surface area (Å²) < 4.78 is 12.0. The van der Waals surface area contributed by atoms with Crippen LogP contribution in [0.2, 0.25) is 0 Å². The van der Waals surface area contributed by atoms with Crippen LogP contribution < -0.4 is 14.8 Å². The third-order valence-electron chi connectivity index (χ3n) is 2.71. The molecule has 1 heterocycles. The lowest BCUT2D eigenvalue weighted by molar-refractivity contribution is 0.279. The predicted molar refractivity (Wildman–Crippen MR) is 83.4 cm³/mol. The molecule has 1 aromatic heterocycles. The number of halogens is 1. The van der Waals surface area contributed by atoms with E-state index in [2.05, 4.69) is 33.2 Å². The van der Waals surface area contributed by atoms with E-state index in [0.717, 1.165) is 22.4 Å². The van der Waals surface area contributed by atoms with Gasteiger partial charge in [-0.15, -0.1) is 0 Å². The average molecular weight is 337 g/mol. The smallest absolute Gasteiger partial charge is 0.175 e. The van der Waals surface area contributed by atoms with Crippen molar-refractivity contribution in [2.75, 3.05) is 19.0 Å². The van der Waals surface area contributed by atoms with Gasteiger partial charge in [0.2, 0.25) is 0 Å². The number of rotatable bonds is 6. The molecule has 2 aromatic rings. The minimum absolute atomic E-state index is 0.387. The zero-order valence-electron chi connectivity index (χ0n) is 11.5. The number of ether oxygens (including phenoxy) is 2. The first-order valence-electron chi connectivity index (χ1n) is 6.38. The molecule has 0 amide bonds. The molecule has 0 bridgehead atoms. The van der Waals surface area contributed by atoms with E-state index in [1.165, 1.54) is 0 Å². The molecule has 0 spiro atoms. The highest BCUT2D eigenvalue weighted by molar-refractivity contribution is 9.10. The highest BCUT2D eigenvalue weighted by atomic mass is 79.9. The maximum absolute atomic E-state index is 5.82. The molecule has 0 aliphatic carbocycles. The van der Waals surface area contributed by atoms with Crippen molar-refractivity contribution in [2.24, 2.45) is 0 Å². The van der Waals surface area contributed by atoms with Crippen molar-refractivity contribution in [3.05, 3.63) is 46.7 Å². The van der Waals surface area contributed by atoms with Gasteiger partial charge < -0.3 is 14.8 Å². The molecule has 0 fully saturated rings. The Morgan fingerprint density at radius 1 is 1.30 bits per heavy atom. The summed E-state index contributed by atoms with van der Waals surface area (Å²) in [5.41, 5.74) is 1.90. The SMILES string of the molecule is CCNc1ccnc(COc2c(Br)cccc2OC)c1. The zero-order valence-corrected chi connectivity index (χ0v) is 13.1. The van der Waals surface area contributed by atoms with E-state index in [0.29, 0.717) is 18.1 Å². The van der Waals surface area contributed by atoms with Gasteiger partial charge in [-0.2, -0.15) is 0 Å². The molecule has 0 aliphatic rings. The van der Waals surface area contributed by atoms with Crippen LogP contribution in [0.4, 0.5) is 5.69 Å². The van der Waals surface area contributed by atoms with Gasteiger partial charge in [0.1, 0.15) is 6.61 Å². The molecular formula is C15H17BrN2O2. The number of aromatic nitrogens is 1. The van der Waals surface area contributed by atoms with E-state index in [1.807, 2.05) is 30.3 Å². The standard InChI is InChI=1S/C15H17BrN2O2/c1-3-17-11-7-8-18-12(9-11)10-20-15-13(16)5-4-6-14(15)19-2/h4-9H,3,10H2,1-2H3,(H,17,18). The molecular weight excluding hydrogens is 320 g/mol. The summed E-state index contributed by atoms with van der Waals surface area (Å²) in [6.45, 7) is 3.32. The minimum Gasteiger partial charge on any atom is -0.493 e. The van der Waals surface area contributed by atoms with Gasteiger partial charge in [0.15, 0.2) is 11.5 Å². The van der Waals surface area contributed by atoms with Crippen LogP contribution in [0.1, 0.15) is 12.6 Å². The van der Waals surface area contributed by atoms with E-state index in [4.69, 9.17) is 9.47 Å². The van der Waals surface area contributed by atoms with Crippen molar-refractivity contribution in [1.29, 1.82) is 0 Å². The summed E-state index contributed by atoms with van der Waals surface area (Å²) in [7, 11) is 1.62. The van der Waals surface area contributed by atoms with E-state index >= 15 is 0 Å². The molecule has 0 radical (unpaired) electrons. The van der Waals surface area contributed by atoms with Crippen molar-refractivity contribution < 1.29 is 9.47 Å². The van der Waals surface area contributed by atoms with E-state index in [-0.39, 0.29) is 0 Å². The molecule has 0 saturated heterocycles. The van der Waals surface area contributed by atoms with Crippen LogP contribution in [0, 0.1) is 0 Å². The van der Waals surface area contributed by atoms with Crippen LogP contribution in [-0.4, -0.2) is 18.6 Å². The number of anilines is 1. The molecule has 0 atom stereocenters. The molecule has 0 unspecified atom stereocenters. The van der Waals surface area contributed by atoms with Gasteiger partial charge in [-0.1, -0.05) is 6.07 Å². The third-order valence-corrected chi connectivity index (χ3v) is 3.34. The second-order valence-electron chi connectivity index (χ2n) is 4.13. The van der Waals surface area contributed by atoms with E-state index < -0.39 is 0 Å². The van der Waals surface area contributed by atoms with Crippen LogP contribution in [0.25, 0.3) is 0 Å². The second-order valence-corrected chi connectivity index (χ2v) is 4.98. The van der Waals surface area contributed by atoms with Crippen LogP contribution in [0.5, 0.6) is 11.5 Å². The lowest BCUT2D eigenvalue weighted by atomic mass is 10.3. The van der Waals surface area contributed by atoms with Crippen molar-refractivity contribution in [1.82, 2.24) is 4.98 Å². The Hall–Kier alpha value is -1.75. The highest BCUT2D eigenvalue weighted by Crippen LogP contribution is 2.35. The maximum atomic E-state index is 5.82. The van der Waals surface area contributed by atoms with E-state index in [9.17, 15) is 0 Å². The Bertz CT molecular complexity index is 576. The van der Waals surface area contributed by atoms with Gasteiger partial charge in [0.25, 0.3) is 0 Å². The maximum Gasteiger partial charge on any atom is 0.175 e. The van der Waals surface area contributed by atoms with Crippen LogP contribution in [-0.2, 0) is 6.61 Å². The topological polar surface area (TPSA) is 43.4 Å². The fourth-order valence-corrected chi connectivity index (χ4v) is 2.27. The fourth-order valence-electron chi connectivity index (χ4n) is 1.81. The Labute approximate surface area is 127 Å². The first kappa shape index (κ1) is 14.7. The summed E-state index contributed by atoms with van der Waals surface area (Å²) in [5, 5.41) is 3.25. The van der Waals surface area contributed by atoms with Crippen molar-refractivity contribution >= 4 is 21.6 Å². The van der Waals surface area contributed by atoms with Gasteiger partial charge in [0, 0.05) is 18.4 Å². The van der Waals surface area contributed by atoms with Gasteiger partial charge in [0.05, 0.1) is 17.3 Å². The van der Waals surface area contributed by atoms with Crippen LogP contribution in [0.3, 0.4) is 0 Å². The summed E-state index contributed by atoms with van der Waals surface area (Å²) in [4.78, 5) is 4.30. The molecule has 1 aromatic carbocycles. The number of methoxy groups -OCH3 is 1. The first-order chi connectivity index (χ1) is 9.74. The number of hydrogen-bond acceptors (Lipinski definition) is 4. The Morgan fingerprint density at radius 2 is 2.15 bits per heavy atom. The first-order valence-corrected chi connectivity index (χ1v) is 7.18. The lowest BCUT2D eigenvalue weighted by Crippen LogP contribution is -2.02. The summed E-state index contributed by atoms with van der Waals surface area (Å²) in [6.07, 6.45) is 1.77. The van der Waals surface area contributed by atoms with Crippen molar-refractivity contribution in [3.63, 3.8) is 0 Å².